The van der Waals surface area contributed by atoms with Gasteiger partial charge in [0, 0.05) is 0 Å². The minimum absolute atomic E-state index is 0.388. The molecule has 0 saturated heterocycles. The molecule has 0 bridgehead atoms. The minimum Gasteiger partial charge on any atom is -0.508 e. The summed E-state index contributed by atoms with van der Waals surface area (Å²) in [6, 6.07) is 0. The lowest BCUT2D eigenvalue weighted by Gasteiger charge is -2.10. The first-order chi connectivity index (χ1) is 4.72. The molecule has 0 aromatic rings. The van der Waals surface area contributed by atoms with Crippen molar-refractivity contribution in [1.82, 2.24) is 0 Å². The zero-order valence-electron chi connectivity index (χ0n) is 6.22. The van der Waals surface area contributed by atoms with Crippen LogP contribution in [0.1, 0.15) is 19.8 Å². The molecule has 0 spiro atoms. The molecule has 0 aromatic heterocycles. The Balaban J connectivity index is 2.89. The molecule has 1 rings (SSSR count). The van der Waals surface area contributed by atoms with Crippen LogP contribution in [0.15, 0.2) is 35.6 Å². The summed E-state index contributed by atoms with van der Waals surface area (Å²) in [5.41, 5.74) is 1.98. The molecule has 0 aromatic carbocycles. The predicted molar refractivity (Wildman–Crippen MR) is 42.8 cm³/mol. The molecule has 54 valence electrons. The van der Waals surface area contributed by atoms with Gasteiger partial charge in [0.1, 0.15) is 5.76 Å². The zero-order chi connectivity index (χ0) is 7.56. The summed E-state index contributed by atoms with van der Waals surface area (Å²) in [6.45, 7) is 5.70. The fourth-order valence-corrected chi connectivity index (χ4v) is 1.08. The van der Waals surface area contributed by atoms with Crippen molar-refractivity contribution in [3.8, 4) is 0 Å². The highest BCUT2D eigenvalue weighted by Crippen LogP contribution is 2.22. The maximum Gasteiger partial charge on any atom is 0.118 e. The molecule has 0 fully saturated rings. The van der Waals surface area contributed by atoms with Crippen LogP contribution in [-0.4, -0.2) is 5.11 Å². The molecule has 0 atom stereocenters. The maximum absolute atomic E-state index is 9.27. The van der Waals surface area contributed by atoms with Gasteiger partial charge in [0.2, 0.25) is 0 Å². The van der Waals surface area contributed by atoms with E-state index in [1.807, 2.05) is 13.0 Å². The molecule has 1 heteroatoms. The molecular weight excluding hydrogens is 124 g/mol. The van der Waals surface area contributed by atoms with Crippen molar-refractivity contribution >= 4 is 0 Å². The third-order valence-corrected chi connectivity index (χ3v) is 1.66. The van der Waals surface area contributed by atoms with Crippen LogP contribution < -0.4 is 0 Å². The van der Waals surface area contributed by atoms with Crippen molar-refractivity contribution in [3.63, 3.8) is 0 Å². The second kappa shape index (κ2) is 2.74. The molecule has 0 unspecified atom stereocenters. The highest BCUT2D eigenvalue weighted by Gasteiger charge is 2.06. The van der Waals surface area contributed by atoms with Crippen molar-refractivity contribution in [1.29, 1.82) is 0 Å². The van der Waals surface area contributed by atoms with E-state index in [0.717, 1.165) is 24.0 Å². The van der Waals surface area contributed by atoms with Gasteiger partial charge in [0.15, 0.2) is 0 Å². The lowest BCUT2D eigenvalue weighted by Crippen LogP contribution is -1.94. The predicted octanol–water partition coefficient (Wildman–Crippen LogP) is 2.72. The summed E-state index contributed by atoms with van der Waals surface area (Å²) in [5.74, 6) is 0.388. The molecule has 1 aliphatic rings. The average molecular weight is 136 g/mol. The number of aliphatic hydroxyl groups is 1. The first-order valence-electron chi connectivity index (χ1n) is 3.46. The number of hydrogen-bond acceptors (Lipinski definition) is 1. The Bertz CT molecular complexity index is 209. The molecule has 0 saturated carbocycles. The molecule has 1 aliphatic carbocycles. The van der Waals surface area contributed by atoms with E-state index in [1.54, 1.807) is 6.08 Å². The fourth-order valence-electron chi connectivity index (χ4n) is 1.08. The number of hydrogen-bond donors (Lipinski definition) is 1. The van der Waals surface area contributed by atoms with Gasteiger partial charge in [-0.25, -0.2) is 0 Å². The Morgan fingerprint density at radius 1 is 1.70 bits per heavy atom. The van der Waals surface area contributed by atoms with Gasteiger partial charge in [0.25, 0.3) is 0 Å². The van der Waals surface area contributed by atoms with E-state index >= 15 is 0 Å². The normalized spacial score (nSPS) is 17.7. The van der Waals surface area contributed by atoms with E-state index in [1.165, 1.54) is 0 Å². The van der Waals surface area contributed by atoms with Gasteiger partial charge < -0.3 is 5.11 Å². The second-order valence-corrected chi connectivity index (χ2v) is 2.59. The Kier molecular flexibility index (Phi) is 1.95. The van der Waals surface area contributed by atoms with Gasteiger partial charge >= 0.3 is 0 Å². The minimum atomic E-state index is 0.388. The van der Waals surface area contributed by atoms with Crippen molar-refractivity contribution in [2.45, 2.75) is 19.8 Å². The van der Waals surface area contributed by atoms with E-state index in [9.17, 15) is 5.11 Å². The van der Waals surface area contributed by atoms with Crippen LogP contribution in [0, 0.1) is 0 Å². The van der Waals surface area contributed by atoms with Crippen molar-refractivity contribution < 1.29 is 5.11 Å². The van der Waals surface area contributed by atoms with Crippen LogP contribution >= 0.6 is 0 Å². The molecule has 0 amide bonds. The summed E-state index contributed by atoms with van der Waals surface area (Å²) in [5, 5.41) is 9.27. The van der Waals surface area contributed by atoms with Gasteiger partial charge in [0.05, 0.1) is 0 Å². The second-order valence-electron chi connectivity index (χ2n) is 2.59. The van der Waals surface area contributed by atoms with Crippen LogP contribution in [-0.2, 0) is 0 Å². The largest absolute Gasteiger partial charge is 0.508 e. The summed E-state index contributed by atoms with van der Waals surface area (Å²) in [4.78, 5) is 0. The van der Waals surface area contributed by atoms with Crippen LogP contribution in [0.2, 0.25) is 0 Å². The molecule has 1 nitrogen and oxygen atoms in total. The Morgan fingerprint density at radius 3 is 2.80 bits per heavy atom. The van der Waals surface area contributed by atoms with E-state index in [4.69, 9.17) is 0 Å². The van der Waals surface area contributed by atoms with Crippen LogP contribution in [0.3, 0.4) is 0 Å². The Labute approximate surface area is 61.4 Å². The van der Waals surface area contributed by atoms with Crippen molar-refractivity contribution in [2.24, 2.45) is 0 Å². The van der Waals surface area contributed by atoms with Crippen LogP contribution in [0.25, 0.3) is 0 Å². The summed E-state index contributed by atoms with van der Waals surface area (Å²) in [7, 11) is 0. The summed E-state index contributed by atoms with van der Waals surface area (Å²) in [6.07, 6.45) is 5.67. The average Bonchev–Trinajstić information content (AvgIpc) is 1.88. The monoisotopic (exact) mass is 136 g/mol. The first-order valence-corrected chi connectivity index (χ1v) is 3.46. The molecule has 0 heterocycles. The third-order valence-electron chi connectivity index (χ3n) is 1.66. The van der Waals surface area contributed by atoms with Gasteiger partial charge in [-0.1, -0.05) is 18.2 Å². The lowest BCUT2D eigenvalue weighted by atomic mass is 9.98. The molecule has 0 aliphatic heterocycles. The summed E-state index contributed by atoms with van der Waals surface area (Å²) < 4.78 is 0. The first kappa shape index (κ1) is 7.13. The third kappa shape index (κ3) is 1.29. The van der Waals surface area contributed by atoms with Crippen molar-refractivity contribution in [3.05, 3.63) is 35.6 Å². The maximum atomic E-state index is 9.27. The zero-order valence-corrected chi connectivity index (χ0v) is 6.22. The van der Waals surface area contributed by atoms with Crippen LogP contribution in [0.5, 0.6) is 0 Å². The SMILES string of the molecule is C=C(C)C1=C(O)C=CCC1. The Morgan fingerprint density at radius 2 is 2.40 bits per heavy atom. The van der Waals surface area contributed by atoms with Gasteiger partial charge in [-0.2, -0.15) is 0 Å². The van der Waals surface area contributed by atoms with Crippen LogP contribution in [0.4, 0.5) is 0 Å². The van der Waals surface area contributed by atoms with E-state index in [-0.39, 0.29) is 0 Å². The number of aliphatic hydroxyl groups excluding tert-OH is 1. The lowest BCUT2D eigenvalue weighted by molar-refractivity contribution is 0.421. The standard InChI is InChI=1S/C9H12O/c1-7(2)8-5-3-4-6-9(8)10/h4,6,10H,1,3,5H2,2H3. The quantitative estimate of drug-likeness (QED) is 0.587. The number of rotatable bonds is 1. The fraction of sp³-hybridized carbons (Fsp3) is 0.333. The van der Waals surface area contributed by atoms with Gasteiger partial charge in [-0.05, 0) is 31.4 Å². The highest BCUT2D eigenvalue weighted by molar-refractivity contribution is 5.36. The highest BCUT2D eigenvalue weighted by atomic mass is 16.3. The number of allylic oxidation sites excluding steroid dienone is 4. The molecule has 1 N–H and O–H groups in total. The summed E-state index contributed by atoms with van der Waals surface area (Å²) >= 11 is 0. The van der Waals surface area contributed by atoms with Gasteiger partial charge in [-0.15, -0.1) is 0 Å². The van der Waals surface area contributed by atoms with Gasteiger partial charge in [-0.3, -0.25) is 0 Å². The smallest absolute Gasteiger partial charge is 0.118 e. The molecule has 0 radical (unpaired) electrons. The van der Waals surface area contributed by atoms with Crippen molar-refractivity contribution in [2.75, 3.05) is 0 Å². The molecular formula is C9H12O. The van der Waals surface area contributed by atoms with E-state index < -0.39 is 0 Å². The van der Waals surface area contributed by atoms with E-state index in [2.05, 4.69) is 6.58 Å². The molecule has 10 heavy (non-hydrogen) atoms. The topological polar surface area (TPSA) is 20.2 Å². The van der Waals surface area contributed by atoms with E-state index in [0.29, 0.717) is 5.76 Å². The Hall–Kier alpha value is -0.980.